The lowest BCUT2D eigenvalue weighted by Gasteiger charge is -2.18. The van der Waals surface area contributed by atoms with Gasteiger partial charge in [0.15, 0.2) is 0 Å². The van der Waals surface area contributed by atoms with Crippen LogP contribution in [0.1, 0.15) is 25.6 Å². The SMILES string of the molecule is CC(C)(C)ONC(=O)CSCc1cccs1. The summed E-state index contributed by atoms with van der Waals surface area (Å²) in [5, 5.41) is 2.04. The van der Waals surface area contributed by atoms with E-state index in [1.165, 1.54) is 4.88 Å². The standard InChI is InChI=1S/C11H17NO2S2/c1-11(2,3)14-12-10(13)8-15-7-9-5-4-6-16-9/h4-6H,7-8H2,1-3H3,(H,12,13). The summed E-state index contributed by atoms with van der Waals surface area (Å²) in [5.74, 6) is 1.21. The number of hydrogen-bond acceptors (Lipinski definition) is 4. The molecule has 3 nitrogen and oxygen atoms in total. The lowest BCUT2D eigenvalue weighted by Crippen LogP contribution is -2.34. The maximum Gasteiger partial charge on any atom is 0.253 e. The molecule has 1 N–H and O–H groups in total. The fourth-order valence-corrected chi connectivity index (χ4v) is 2.53. The predicted octanol–water partition coefficient (Wildman–Crippen LogP) is 2.83. The molecule has 0 saturated carbocycles. The molecule has 1 amide bonds. The minimum Gasteiger partial charge on any atom is -0.272 e. The Morgan fingerprint density at radius 3 is 2.88 bits per heavy atom. The summed E-state index contributed by atoms with van der Waals surface area (Å²) in [6, 6.07) is 4.09. The van der Waals surface area contributed by atoms with Crippen LogP contribution in [0.15, 0.2) is 17.5 Å². The molecule has 1 rings (SSSR count). The van der Waals surface area contributed by atoms with E-state index >= 15 is 0 Å². The molecule has 0 atom stereocenters. The fraction of sp³-hybridized carbons (Fsp3) is 0.545. The number of carbonyl (C=O) groups excluding carboxylic acids is 1. The monoisotopic (exact) mass is 259 g/mol. The Bertz CT molecular complexity index is 317. The van der Waals surface area contributed by atoms with Crippen LogP contribution in [-0.4, -0.2) is 17.3 Å². The van der Waals surface area contributed by atoms with Crippen LogP contribution in [0.5, 0.6) is 0 Å². The molecule has 90 valence electrons. The van der Waals surface area contributed by atoms with E-state index < -0.39 is 0 Å². The van der Waals surface area contributed by atoms with Crippen LogP contribution in [0.4, 0.5) is 0 Å². The van der Waals surface area contributed by atoms with Crippen molar-refractivity contribution in [1.82, 2.24) is 5.48 Å². The van der Waals surface area contributed by atoms with Crippen LogP contribution in [0.3, 0.4) is 0 Å². The molecule has 0 bridgehead atoms. The van der Waals surface area contributed by atoms with Gasteiger partial charge in [0.2, 0.25) is 0 Å². The molecule has 0 spiro atoms. The van der Waals surface area contributed by atoms with Crippen molar-refractivity contribution in [3.63, 3.8) is 0 Å². The van der Waals surface area contributed by atoms with Gasteiger partial charge in [-0.25, -0.2) is 5.48 Å². The second-order valence-electron chi connectivity index (χ2n) is 4.31. The molecule has 0 aliphatic carbocycles. The first-order valence-electron chi connectivity index (χ1n) is 5.04. The summed E-state index contributed by atoms with van der Waals surface area (Å²) in [5.41, 5.74) is 2.11. The molecule has 1 heterocycles. The van der Waals surface area contributed by atoms with Gasteiger partial charge in [-0.3, -0.25) is 9.63 Å². The summed E-state index contributed by atoms with van der Waals surface area (Å²) in [4.78, 5) is 17.8. The van der Waals surface area contributed by atoms with E-state index in [2.05, 4.69) is 11.5 Å². The molecule has 1 aromatic rings. The molecule has 1 aromatic heterocycles. The van der Waals surface area contributed by atoms with Crippen LogP contribution >= 0.6 is 23.1 Å². The largest absolute Gasteiger partial charge is 0.272 e. The average molecular weight is 259 g/mol. The molecule has 5 heteroatoms. The zero-order valence-electron chi connectivity index (χ0n) is 9.78. The molecular weight excluding hydrogens is 242 g/mol. The molecule has 0 unspecified atom stereocenters. The van der Waals surface area contributed by atoms with Gasteiger partial charge < -0.3 is 0 Å². The number of amides is 1. The highest BCUT2D eigenvalue weighted by Crippen LogP contribution is 2.16. The lowest BCUT2D eigenvalue weighted by molar-refractivity contribution is -0.142. The highest BCUT2D eigenvalue weighted by atomic mass is 32.2. The van der Waals surface area contributed by atoms with Crippen molar-refractivity contribution in [3.8, 4) is 0 Å². The summed E-state index contributed by atoms with van der Waals surface area (Å²) in [6.45, 7) is 5.68. The van der Waals surface area contributed by atoms with E-state index in [1.807, 2.05) is 32.2 Å². The van der Waals surface area contributed by atoms with Gasteiger partial charge in [0, 0.05) is 10.6 Å². The van der Waals surface area contributed by atoms with Gasteiger partial charge in [-0.05, 0) is 32.2 Å². The van der Waals surface area contributed by atoms with E-state index in [0.29, 0.717) is 5.75 Å². The van der Waals surface area contributed by atoms with Gasteiger partial charge in [-0.2, -0.15) is 0 Å². The van der Waals surface area contributed by atoms with Gasteiger partial charge in [-0.1, -0.05) is 6.07 Å². The number of nitrogens with one attached hydrogen (secondary N) is 1. The van der Waals surface area contributed by atoms with Crippen LogP contribution in [-0.2, 0) is 15.4 Å². The van der Waals surface area contributed by atoms with E-state index in [4.69, 9.17) is 4.84 Å². The first kappa shape index (κ1) is 13.5. The van der Waals surface area contributed by atoms with Gasteiger partial charge in [0.25, 0.3) is 5.91 Å². The second-order valence-corrected chi connectivity index (χ2v) is 6.33. The maximum atomic E-state index is 11.4. The smallest absolute Gasteiger partial charge is 0.253 e. The number of carbonyl (C=O) groups is 1. The first-order chi connectivity index (χ1) is 7.47. The van der Waals surface area contributed by atoms with Crippen LogP contribution in [0.2, 0.25) is 0 Å². The van der Waals surface area contributed by atoms with E-state index in [0.717, 1.165) is 5.75 Å². The van der Waals surface area contributed by atoms with E-state index in [9.17, 15) is 4.79 Å². The van der Waals surface area contributed by atoms with Crippen LogP contribution in [0, 0.1) is 0 Å². The van der Waals surface area contributed by atoms with E-state index in [-0.39, 0.29) is 11.5 Å². The number of thioether (sulfide) groups is 1. The molecule has 0 aliphatic rings. The third-order valence-corrected chi connectivity index (χ3v) is 3.57. The molecule has 0 aromatic carbocycles. The first-order valence-corrected chi connectivity index (χ1v) is 7.08. The lowest BCUT2D eigenvalue weighted by atomic mass is 10.2. The number of thiophene rings is 1. The predicted molar refractivity (Wildman–Crippen MR) is 69.5 cm³/mol. The minimum absolute atomic E-state index is 0.0866. The molecular formula is C11H17NO2S2. The molecule has 16 heavy (non-hydrogen) atoms. The Hall–Kier alpha value is -0.520. The zero-order valence-corrected chi connectivity index (χ0v) is 11.4. The highest BCUT2D eigenvalue weighted by Gasteiger charge is 2.12. The van der Waals surface area contributed by atoms with Crippen molar-refractivity contribution >= 4 is 29.0 Å². The topological polar surface area (TPSA) is 38.3 Å². The molecule has 0 radical (unpaired) electrons. The van der Waals surface area contributed by atoms with Crippen LogP contribution in [0.25, 0.3) is 0 Å². The number of rotatable bonds is 5. The third kappa shape index (κ3) is 6.15. The molecule has 0 fully saturated rings. The number of hydroxylamine groups is 1. The van der Waals surface area contributed by atoms with Crippen molar-refractivity contribution in [2.75, 3.05) is 5.75 Å². The molecule has 0 saturated heterocycles. The maximum absolute atomic E-state index is 11.4. The Morgan fingerprint density at radius 1 is 1.56 bits per heavy atom. The minimum atomic E-state index is -0.339. The quantitative estimate of drug-likeness (QED) is 0.826. The molecule has 0 aliphatic heterocycles. The normalized spacial score (nSPS) is 11.4. The fourth-order valence-electron chi connectivity index (χ4n) is 0.879. The highest BCUT2D eigenvalue weighted by molar-refractivity contribution is 7.99. The Morgan fingerprint density at radius 2 is 2.31 bits per heavy atom. The van der Waals surface area contributed by atoms with Crippen molar-refractivity contribution in [3.05, 3.63) is 22.4 Å². The third-order valence-electron chi connectivity index (χ3n) is 1.53. The average Bonchev–Trinajstić information content (AvgIpc) is 2.66. The second kappa shape index (κ2) is 6.27. The Balaban J connectivity index is 2.11. The van der Waals surface area contributed by atoms with Crippen molar-refractivity contribution in [2.45, 2.75) is 32.1 Å². The van der Waals surface area contributed by atoms with Gasteiger partial charge in [0.1, 0.15) is 0 Å². The van der Waals surface area contributed by atoms with Crippen molar-refractivity contribution in [2.24, 2.45) is 0 Å². The zero-order chi connectivity index (χ0) is 12.0. The number of hydrogen-bond donors (Lipinski definition) is 1. The van der Waals surface area contributed by atoms with E-state index in [1.54, 1.807) is 23.1 Å². The van der Waals surface area contributed by atoms with Gasteiger partial charge >= 0.3 is 0 Å². The van der Waals surface area contributed by atoms with Gasteiger partial charge in [-0.15, -0.1) is 23.1 Å². The van der Waals surface area contributed by atoms with Crippen molar-refractivity contribution < 1.29 is 9.63 Å². The summed E-state index contributed by atoms with van der Waals surface area (Å²) < 4.78 is 0. The summed E-state index contributed by atoms with van der Waals surface area (Å²) >= 11 is 3.30. The Labute approximate surface area is 105 Å². The summed E-state index contributed by atoms with van der Waals surface area (Å²) in [6.07, 6.45) is 0. The summed E-state index contributed by atoms with van der Waals surface area (Å²) in [7, 11) is 0. The van der Waals surface area contributed by atoms with Crippen LogP contribution < -0.4 is 5.48 Å². The van der Waals surface area contributed by atoms with Gasteiger partial charge in [0.05, 0.1) is 11.4 Å². The Kier molecular flexibility index (Phi) is 5.31. The van der Waals surface area contributed by atoms with Crippen molar-refractivity contribution in [1.29, 1.82) is 0 Å².